The van der Waals surface area contributed by atoms with Gasteiger partial charge in [0.2, 0.25) is 0 Å². The number of hydrogen-bond acceptors (Lipinski definition) is 6. The van der Waals surface area contributed by atoms with Crippen LogP contribution in [0.3, 0.4) is 0 Å². The monoisotopic (exact) mass is 552 g/mol. The molecule has 0 radical (unpaired) electrons. The summed E-state index contributed by atoms with van der Waals surface area (Å²) in [5.74, 6) is 0. The largest absolute Gasteiger partial charge is 0.374 e. The van der Waals surface area contributed by atoms with E-state index in [0.717, 1.165) is 28.5 Å². The van der Waals surface area contributed by atoms with Gasteiger partial charge in [-0.05, 0) is 22.3 Å². The summed E-state index contributed by atoms with van der Waals surface area (Å²) in [4.78, 5) is 12.4. The number of ether oxygens (including phenoxy) is 5. The van der Waals surface area contributed by atoms with Crippen molar-refractivity contribution < 1.29 is 28.5 Å². The van der Waals surface area contributed by atoms with Crippen LogP contribution in [0.4, 0.5) is 0 Å². The van der Waals surface area contributed by atoms with Crippen molar-refractivity contribution in [2.75, 3.05) is 6.61 Å². The van der Waals surface area contributed by atoms with Crippen molar-refractivity contribution in [3.05, 3.63) is 144 Å². The highest BCUT2D eigenvalue weighted by Gasteiger charge is 2.48. The molecular weight excluding hydrogens is 516 g/mol. The minimum atomic E-state index is -0.846. The lowest BCUT2D eigenvalue weighted by Gasteiger charge is -2.44. The Labute approximate surface area is 241 Å². The van der Waals surface area contributed by atoms with Gasteiger partial charge in [-0.15, -0.1) is 0 Å². The van der Waals surface area contributed by atoms with E-state index in [1.807, 2.05) is 121 Å². The summed E-state index contributed by atoms with van der Waals surface area (Å²) in [5, 5.41) is 0. The van der Waals surface area contributed by atoms with Crippen LogP contribution in [0.15, 0.2) is 121 Å². The molecule has 0 N–H and O–H groups in total. The smallest absolute Gasteiger partial charge is 0.151 e. The number of rotatable bonds is 14. The molecule has 0 amide bonds. The highest BCUT2D eigenvalue weighted by Crippen LogP contribution is 2.30. The number of aldehydes is 1. The van der Waals surface area contributed by atoms with E-state index in [4.69, 9.17) is 23.7 Å². The minimum absolute atomic E-state index is 0.231. The molecule has 1 aliphatic rings. The van der Waals surface area contributed by atoms with Crippen molar-refractivity contribution in [2.24, 2.45) is 0 Å². The summed E-state index contributed by atoms with van der Waals surface area (Å²) >= 11 is 0. The lowest BCUT2D eigenvalue weighted by atomic mass is 9.94. The van der Waals surface area contributed by atoms with Crippen LogP contribution < -0.4 is 0 Å². The molecule has 6 heteroatoms. The fourth-order valence-corrected chi connectivity index (χ4v) is 4.93. The molecule has 6 nitrogen and oxygen atoms in total. The normalized spacial score (nSPS) is 22.3. The van der Waals surface area contributed by atoms with E-state index >= 15 is 0 Å². The summed E-state index contributed by atoms with van der Waals surface area (Å²) < 4.78 is 31.9. The summed E-state index contributed by atoms with van der Waals surface area (Å²) in [6.07, 6.45) is -2.41. The maximum atomic E-state index is 12.4. The Morgan fingerprint density at radius 3 is 1.34 bits per heavy atom. The number of carbonyl (C=O) groups excluding carboxylic acids is 1. The second-order valence-corrected chi connectivity index (χ2v) is 10.1. The summed E-state index contributed by atoms with van der Waals surface area (Å²) in [5.41, 5.74) is 4.09. The molecule has 5 atom stereocenters. The average Bonchev–Trinajstić information content (AvgIpc) is 3.04. The lowest BCUT2D eigenvalue weighted by Crippen LogP contribution is -2.61. The van der Waals surface area contributed by atoms with Gasteiger partial charge in [-0.25, -0.2) is 0 Å². The van der Waals surface area contributed by atoms with E-state index in [0.29, 0.717) is 26.4 Å². The van der Waals surface area contributed by atoms with E-state index in [9.17, 15) is 4.79 Å². The van der Waals surface area contributed by atoms with Gasteiger partial charge < -0.3 is 28.5 Å². The third kappa shape index (κ3) is 8.43. The third-order valence-corrected chi connectivity index (χ3v) is 7.05. The fourth-order valence-electron chi connectivity index (χ4n) is 4.93. The topological polar surface area (TPSA) is 63.2 Å². The molecule has 5 rings (SSSR count). The number of carbonyl (C=O) groups is 1. The van der Waals surface area contributed by atoms with Crippen molar-refractivity contribution in [1.29, 1.82) is 0 Å². The van der Waals surface area contributed by atoms with Crippen LogP contribution in [0.25, 0.3) is 0 Å². The Balaban J connectivity index is 1.39. The Bertz CT molecular complexity index is 1290. The van der Waals surface area contributed by atoms with E-state index in [1.165, 1.54) is 0 Å². The maximum absolute atomic E-state index is 12.4. The Hall–Kier alpha value is -3.65. The minimum Gasteiger partial charge on any atom is -0.374 e. The van der Waals surface area contributed by atoms with Crippen LogP contribution in [0.1, 0.15) is 22.3 Å². The molecule has 1 aliphatic heterocycles. The molecule has 0 saturated carbocycles. The molecule has 0 unspecified atom stereocenters. The Morgan fingerprint density at radius 2 is 0.902 bits per heavy atom. The molecule has 4 aromatic carbocycles. The van der Waals surface area contributed by atoms with Crippen molar-refractivity contribution in [3.63, 3.8) is 0 Å². The van der Waals surface area contributed by atoms with E-state index in [1.54, 1.807) is 0 Å². The van der Waals surface area contributed by atoms with Crippen LogP contribution in [-0.4, -0.2) is 43.4 Å². The molecule has 0 aliphatic carbocycles. The Morgan fingerprint density at radius 1 is 0.512 bits per heavy atom. The molecular formula is C35H36O6. The van der Waals surface area contributed by atoms with Crippen molar-refractivity contribution in [1.82, 2.24) is 0 Å². The van der Waals surface area contributed by atoms with E-state index in [-0.39, 0.29) is 6.61 Å². The van der Waals surface area contributed by atoms with Gasteiger partial charge in [-0.1, -0.05) is 121 Å². The van der Waals surface area contributed by atoms with Crippen LogP contribution in [0.5, 0.6) is 0 Å². The quantitative estimate of drug-likeness (QED) is 0.181. The molecule has 41 heavy (non-hydrogen) atoms. The number of benzene rings is 4. The second kappa shape index (κ2) is 15.4. The molecule has 1 heterocycles. The Kier molecular flexibility index (Phi) is 10.8. The SMILES string of the molecule is O=C[C@H]1O[C@@H](COCc2ccccc2)[C@@H](OCc2ccccc2)[C@H](OCc2ccccc2)[C@H]1OCc1ccccc1. The van der Waals surface area contributed by atoms with Gasteiger partial charge in [0.05, 0.1) is 33.0 Å². The highest BCUT2D eigenvalue weighted by atomic mass is 16.6. The van der Waals surface area contributed by atoms with Crippen LogP contribution >= 0.6 is 0 Å². The first-order valence-electron chi connectivity index (χ1n) is 14.0. The standard InChI is InChI=1S/C35H36O6/c36-21-31-33(38-23-28-15-7-2-8-16-28)35(40-25-30-19-11-4-12-20-30)34(39-24-29-17-9-3-10-18-29)32(41-31)26-37-22-27-13-5-1-6-14-27/h1-21,31-35H,22-26H2/t31-,32+,33+,34-,35-/m1/s1. The number of hydrogen-bond donors (Lipinski definition) is 0. The van der Waals surface area contributed by atoms with E-state index in [2.05, 4.69) is 0 Å². The average molecular weight is 553 g/mol. The first-order chi connectivity index (χ1) is 20.3. The fraction of sp³-hybridized carbons (Fsp3) is 0.286. The van der Waals surface area contributed by atoms with Crippen molar-refractivity contribution >= 4 is 6.29 Å². The van der Waals surface area contributed by atoms with Crippen molar-refractivity contribution in [3.8, 4) is 0 Å². The first-order valence-corrected chi connectivity index (χ1v) is 14.0. The summed E-state index contributed by atoms with van der Waals surface area (Å²) in [6, 6.07) is 39.7. The second-order valence-electron chi connectivity index (χ2n) is 10.1. The van der Waals surface area contributed by atoms with Crippen LogP contribution in [0.2, 0.25) is 0 Å². The van der Waals surface area contributed by atoms with Crippen LogP contribution in [-0.2, 0) is 54.9 Å². The maximum Gasteiger partial charge on any atom is 0.151 e. The van der Waals surface area contributed by atoms with Gasteiger partial charge >= 0.3 is 0 Å². The van der Waals surface area contributed by atoms with E-state index < -0.39 is 30.5 Å². The molecule has 1 fully saturated rings. The zero-order chi connectivity index (χ0) is 28.1. The summed E-state index contributed by atoms with van der Waals surface area (Å²) in [7, 11) is 0. The third-order valence-electron chi connectivity index (χ3n) is 7.05. The summed E-state index contributed by atoms with van der Waals surface area (Å²) in [6.45, 7) is 1.65. The zero-order valence-electron chi connectivity index (χ0n) is 23.0. The van der Waals surface area contributed by atoms with Gasteiger partial charge in [0.25, 0.3) is 0 Å². The lowest BCUT2D eigenvalue weighted by molar-refractivity contribution is -0.264. The molecule has 0 aromatic heterocycles. The van der Waals surface area contributed by atoms with Gasteiger partial charge in [0.1, 0.15) is 30.5 Å². The zero-order valence-corrected chi connectivity index (χ0v) is 23.0. The van der Waals surface area contributed by atoms with Gasteiger partial charge in [0.15, 0.2) is 6.29 Å². The molecule has 0 spiro atoms. The predicted molar refractivity (Wildman–Crippen MR) is 156 cm³/mol. The van der Waals surface area contributed by atoms with Crippen LogP contribution in [0, 0.1) is 0 Å². The predicted octanol–water partition coefficient (Wildman–Crippen LogP) is 5.93. The molecule has 212 valence electrons. The molecule has 0 bridgehead atoms. The highest BCUT2D eigenvalue weighted by molar-refractivity contribution is 5.58. The van der Waals surface area contributed by atoms with Gasteiger partial charge in [-0.2, -0.15) is 0 Å². The molecule has 1 saturated heterocycles. The molecule has 4 aromatic rings. The van der Waals surface area contributed by atoms with Crippen molar-refractivity contribution in [2.45, 2.75) is 56.9 Å². The van der Waals surface area contributed by atoms with Gasteiger partial charge in [-0.3, -0.25) is 0 Å². The first kappa shape index (κ1) is 28.9. The van der Waals surface area contributed by atoms with Gasteiger partial charge in [0, 0.05) is 0 Å².